The zero-order valence-electron chi connectivity index (χ0n) is 21.3. The molecule has 0 radical (unpaired) electrons. The lowest BCUT2D eigenvalue weighted by atomic mass is 10.0. The average Bonchev–Trinajstić information content (AvgIpc) is 3.34. The van der Waals surface area contributed by atoms with Crippen LogP contribution in [-0.2, 0) is 0 Å². The Morgan fingerprint density at radius 2 is 1.55 bits per heavy atom. The van der Waals surface area contributed by atoms with Gasteiger partial charge in [0.15, 0.2) is 17.1 Å². The third-order valence-electron chi connectivity index (χ3n) is 5.92. The van der Waals surface area contributed by atoms with Gasteiger partial charge in [-0.25, -0.2) is 4.98 Å². The second kappa shape index (κ2) is 11.0. The second-order valence-corrected chi connectivity index (χ2v) is 8.80. The summed E-state index contributed by atoms with van der Waals surface area (Å²) in [5.74, 6) is 1.56. The topological polar surface area (TPSA) is 82.8 Å². The van der Waals surface area contributed by atoms with E-state index in [1.165, 1.54) is 0 Å². The zero-order chi connectivity index (χ0) is 26.6. The van der Waals surface area contributed by atoms with E-state index in [9.17, 15) is 4.79 Å². The highest BCUT2D eigenvalue weighted by molar-refractivity contribution is 6.35. The molecule has 0 saturated heterocycles. The summed E-state index contributed by atoms with van der Waals surface area (Å²) in [5, 5.41) is 5.48. The molecular formula is C30H27ClN2O5. The molecule has 0 fully saturated rings. The van der Waals surface area contributed by atoms with E-state index in [4.69, 9.17) is 35.2 Å². The maximum Gasteiger partial charge on any atom is 0.255 e. The largest absolute Gasteiger partial charge is 0.490 e. The van der Waals surface area contributed by atoms with E-state index in [1.54, 1.807) is 30.3 Å². The fraction of sp³-hybridized carbons (Fsp3) is 0.200. The van der Waals surface area contributed by atoms with Crippen LogP contribution in [0.5, 0.6) is 17.2 Å². The van der Waals surface area contributed by atoms with Crippen molar-refractivity contribution in [2.24, 2.45) is 0 Å². The molecule has 7 nitrogen and oxygen atoms in total. The molecule has 0 aliphatic heterocycles. The molecule has 0 saturated carbocycles. The van der Waals surface area contributed by atoms with E-state index < -0.39 is 0 Å². The van der Waals surface area contributed by atoms with Gasteiger partial charge in [0.2, 0.25) is 11.6 Å². The average molecular weight is 531 g/mol. The molecule has 5 rings (SSSR count). The van der Waals surface area contributed by atoms with Crippen LogP contribution in [0.4, 0.5) is 5.69 Å². The Morgan fingerprint density at radius 3 is 2.26 bits per heavy atom. The molecule has 0 unspecified atom stereocenters. The van der Waals surface area contributed by atoms with Crippen molar-refractivity contribution in [3.8, 4) is 28.7 Å². The summed E-state index contributed by atoms with van der Waals surface area (Å²) in [6.07, 6.45) is 0. The van der Waals surface area contributed by atoms with Gasteiger partial charge in [-0.3, -0.25) is 4.79 Å². The summed E-state index contributed by atoms with van der Waals surface area (Å²) < 4.78 is 23.3. The molecule has 0 bridgehead atoms. The number of halogens is 1. The Labute approximate surface area is 225 Å². The standard InChI is InChI=1S/C30H27ClN2O5/c1-4-35-26-15-18(16-27(36-5-2)28(26)37-6-3)29(34)32-19-13-14-25-24(17-19)33-30(38-25)22-11-7-10-21-20(22)9-8-12-23(21)31/h7-17H,4-6H2,1-3H3,(H,32,34). The van der Waals surface area contributed by atoms with Crippen LogP contribution < -0.4 is 19.5 Å². The number of benzene rings is 4. The quantitative estimate of drug-likeness (QED) is 0.210. The number of hydrogen-bond acceptors (Lipinski definition) is 6. The molecule has 0 atom stereocenters. The number of ether oxygens (including phenoxy) is 3. The molecule has 0 spiro atoms. The van der Waals surface area contributed by atoms with Gasteiger partial charge in [0, 0.05) is 27.2 Å². The third-order valence-corrected chi connectivity index (χ3v) is 6.25. The van der Waals surface area contributed by atoms with Crippen molar-refractivity contribution in [1.82, 2.24) is 4.98 Å². The molecule has 1 amide bonds. The van der Waals surface area contributed by atoms with Gasteiger partial charge in [0.05, 0.1) is 19.8 Å². The van der Waals surface area contributed by atoms with Crippen molar-refractivity contribution in [1.29, 1.82) is 0 Å². The molecule has 4 aromatic carbocycles. The normalized spacial score (nSPS) is 11.1. The first kappa shape index (κ1) is 25.4. The van der Waals surface area contributed by atoms with Gasteiger partial charge in [0.25, 0.3) is 5.91 Å². The maximum atomic E-state index is 13.2. The van der Waals surface area contributed by atoms with Gasteiger partial charge >= 0.3 is 0 Å². The number of hydrogen-bond donors (Lipinski definition) is 1. The van der Waals surface area contributed by atoms with E-state index in [2.05, 4.69) is 5.32 Å². The van der Waals surface area contributed by atoms with Crippen LogP contribution in [-0.4, -0.2) is 30.7 Å². The minimum Gasteiger partial charge on any atom is -0.490 e. The van der Waals surface area contributed by atoms with Gasteiger partial charge in [0.1, 0.15) is 5.52 Å². The number of aromatic nitrogens is 1. The molecular weight excluding hydrogens is 504 g/mol. The van der Waals surface area contributed by atoms with Crippen LogP contribution >= 0.6 is 11.6 Å². The number of oxazole rings is 1. The van der Waals surface area contributed by atoms with Gasteiger partial charge in [-0.15, -0.1) is 0 Å². The molecule has 5 aromatic rings. The summed E-state index contributed by atoms with van der Waals surface area (Å²) in [6.45, 7) is 6.91. The van der Waals surface area contributed by atoms with E-state index >= 15 is 0 Å². The predicted molar refractivity (Wildman–Crippen MR) is 150 cm³/mol. The number of nitrogens with zero attached hydrogens (tertiary/aromatic N) is 1. The fourth-order valence-corrected chi connectivity index (χ4v) is 4.54. The fourth-order valence-electron chi connectivity index (χ4n) is 4.30. The van der Waals surface area contributed by atoms with Gasteiger partial charge in [-0.05, 0) is 68.6 Å². The van der Waals surface area contributed by atoms with Crippen LogP contribution in [0.3, 0.4) is 0 Å². The van der Waals surface area contributed by atoms with E-state index in [0.717, 1.165) is 16.3 Å². The summed E-state index contributed by atoms with van der Waals surface area (Å²) in [6, 6.07) is 20.2. The van der Waals surface area contributed by atoms with Crippen molar-refractivity contribution in [2.45, 2.75) is 20.8 Å². The first-order valence-electron chi connectivity index (χ1n) is 12.5. The van der Waals surface area contributed by atoms with Gasteiger partial charge in [-0.1, -0.05) is 35.9 Å². The van der Waals surface area contributed by atoms with Crippen molar-refractivity contribution in [3.05, 3.63) is 77.3 Å². The first-order chi connectivity index (χ1) is 18.5. The Balaban J connectivity index is 1.46. The molecule has 0 aliphatic rings. The molecule has 8 heteroatoms. The molecule has 1 aromatic heterocycles. The lowest BCUT2D eigenvalue weighted by Gasteiger charge is -2.17. The van der Waals surface area contributed by atoms with Crippen molar-refractivity contribution in [3.63, 3.8) is 0 Å². The van der Waals surface area contributed by atoms with Crippen LogP contribution in [0.2, 0.25) is 5.02 Å². The Hall–Kier alpha value is -4.23. The highest BCUT2D eigenvalue weighted by Gasteiger charge is 2.19. The number of fused-ring (bicyclic) bond motifs is 2. The van der Waals surface area contributed by atoms with Crippen LogP contribution in [0, 0.1) is 0 Å². The number of anilines is 1. The second-order valence-electron chi connectivity index (χ2n) is 8.40. The maximum absolute atomic E-state index is 13.2. The van der Waals surface area contributed by atoms with Gasteiger partial charge in [-0.2, -0.15) is 0 Å². The number of nitrogens with one attached hydrogen (secondary N) is 1. The minimum atomic E-state index is -0.318. The summed E-state index contributed by atoms with van der Waals surface area (Å²) in [4.78, 5) is 17.9. The Bertz CT molecular complexity index is 1600. The number of carbonyl (C=O) groups excluding carboxylic acids is 1. The monoisotopic (exact) mass is 530 g/mol. The highest BCUT2D eigenvalue weighted by Crippen LogP contribution is 2.39. The summed E-state index contributed by atoms with van der Waals surface area (Å²) in [5.41, 5.74) is 3.03. The number of amides is 1. The summed E-state index contributed by atoms with van der Waals surface area (Å²) >= 11 is 6.38. The molecule has 1 heterocycles. The van der Waals surface area contributed by atoms with Crippen molar-refractivity contribution < 1.29 is 23.4 Å². The third kappa shape index (κ3) is 4.97. The number of rotatable bonds is 9. The first-order valence-corrected chi connectivity index (χ1v) is 12.9. The lowest BCUT2D eigenvalue weighted by molar-refractivity contribution is 0.102. The lowest BCUT2D eigenvalue weighted by Crippen LogP contribution is -2.13. The predicted octanol–water partition coefficient (Wildman–Crippen LogP) is 7.75. The molecule has 0 aliphatic carbocycles. The van der Waals surface area contributed by atoms with Gasteiger partial charge < -0.3 is 23.9 Å². The van der Waals surface area contributed by atoms with Crippen molar-refractivity contribution >= 4 is 45.1 Å². The Morgan fingerprint density at radius 1 is 0.868 bits per heavy atom. The van der Waals surface area contributed by atoms with Crippen molar-refractivity contribution in [2.75, 3.05) is 25.1 Å². The zero-order valence-corrected chi connectivity index (χ0v) is 22.1. The van der Waals surface area contributed by atoms with Crippen LogP contribution in [0.25, 0.3) is 33.3 Å². The SMILES string of the molecule is CCOc1cc(C(=O)Nc2ccc3oc(-c4cccc5c(Cl)cccc45)nc3c2)cc(OCC)c1OCC. The minimum absolute atomic E-state index is 0.318. The van der Waals surface area contributed by atoms with E-state index in [1.807, 2.05) is 57.2 Å². The molecule has 1 N–H and O–H groups in total. The van der Waals surface area contributed by atoms with Crippen LogP contribution in [0.1, 0.15) is 31.1 Å². The summed E-state index contributed by atoms with van der Waals surface area (Å²) in [7, 11) is 0. The van der Waals surface area contributed by atoms with E-state index in [0.29, 0.717) is 70.3 Å². The molecule has 38 heavy (non-hydrogen) atoms. The van der Waals surface area contributed by atoms with E-state index in [-0.39, 0.29) is 5.91 Å². The Kier molecular flexibility index (Phi) is 7.38. The smallest absolute Gasteiger partial charge is 0.255 e. The highest BCUT2D eigenvalue weighted by atomic mass is 35.5. The van der Waals surface area contributed by atoms with Crippen LogP contribution in [0.15, 0.2) is 71.1 Å². The molecule has 194 valence electrons. The number of carbonyl (C=O) groups is 1.